The highest BCUT2D eigenvalue weighted by Gasteiger charge is 2.37. The quantitative estimate of drug-likeness (QED) is 0.670. The topological polar surface area (TPSA) is 116 Å². The van der Waals surface area contributed by atoms with Crippen LogP contribution in [0.1, 0.15) is 24.4 Å². The Labute approximate surface area is 122 Å². The van der Waals surface area contributed by atoms with Gasteiger partial charge in [0.15, 0.2) is 0 Å². The summed E-state index contributed by atoms with van der Waals surface area (Å²) in [5.41, 5.74) is 6.47. The van der Waals surface area contributed by atoms with E-state index in [9.17, 15) is 19.8 Å². The average molecular weight is 293 g/mol. The first kappa shape index (κ1) is 15.3. The molecule has 0 radical (unpaired) electrons. The summed E-state index contributed by atoms with van der Waals surface area (Å²) in [6.45, 7) is 0.543. The first-order valence-corrected chi connectivity index (χ1v) is 6.79. The number of imide groups is 1. The Bertz CT molecular complexity index is 486. The Balaban J connectivity index is 2.34. The largest absolute Gasteiger partial charge is 0.465 e. The minimum absolute atomic E-state index is 0.0146. The molecular weight excluding hydrogens is 274 g/mol. The van der Waals surface area contributed by atoms with Gasteiger partial charge in [-0.3, -0.25) is 0 Å². The average Bonchev–Trinajstić information content (AvgIpc) is 2.46. The minimum Gasteiger partial charge on any atom is -0.465 e. The van der Waals surface area contributed by atoms with Gasteiger partial charge in [-0.1, -0.05) is 30.3 Å². The lowest BCUT2D eigenvalue weighted by Gasteiger charge is -2.37. The van der Waals surface area contributed by atoms with Crippen LogP contribution in [0.25, 0.3) is 0 Å². The van der Waals surface area contributed by atoms with Gasteiger partial charge in [0.25, 0.3) is 0 Å². The number of carbonyl (C=O) groups is 2. The standard InChI is InChI=1S/C14H19N3O4/c15-10-6-7-11(16-8-10)12(9-4-2-1-3-5-9)17(13(18)19)14(20)21/h1-5,10-12,16H,6-8,15H2,(H,18,19)(H,20,21). The van der Waals surface area contributed by atoms with Crippen LogP contribution in [0.3, 0.4) is 0 Å². The first-order chi connectivity index (χ1) is 10.0. The maximum absolute atomic E-state index is 11.4. The normalized spacial score (nSPS) is 23.3. The van der Waals surface area contributed by atoms with E-state index in [4.69, 9.17) is 5.73 Å². The molecule has 1 aromatic rings. The van der Waals surface area contributed by atoms with Gasteiger partial charge in [0.05, 0.1) is 6.04 Å². The van der Waals surface area contributed by atoms with E-state index in [0.29, 0.717) is 23.4 Å². The van der Waals surface area contributed by atoms with Gasteiger partial charge in [0.2, 0.25) is 0 Å². The van der Waals surface area contributed by atoms with Crippen molar-refractivity contribution in [3.8, 4) is 0 Å². The fourth-order valence-electron chi connectivity index (χ4n) is 2.70. The molecule has 2 rings (SSSR count). The van der Waals surface area contributed by atoms with Crippen molar-refractivity contribution in [2.45, 2.75) is 31.0 Å². The predicted molar refractivity (Wildman–Crippen MR) is 76.1 cm³/mol. The minimum atomic E-state index is -1.48. The number of piperidine rings is 1. The Morgan fingerprint density at radius 2 is 1.81 bits per heavy atom. The van der Waals surface area contributed by atoms with Gasteiger partial charge in [0.1, 0.15) is 0 Å². The molecule has 0 aromatic heterocycles. The molecule has 1 heterocycles. The Morgan fingerprint density at radius 1 is 1.19 bits per heavy atom. The van der Waals surface area contributed by atoms with Crippen LogP contribution in [0.2, 0.25) is 0 Å². The number of amides is 2. The zero-order valence-corrected chi connectivity index (χ0v) is 11.5. The van der Waals surface area contributed by atoms with Crippen LogP contribution in [-0.4, -0.2) is 45.9 Å². The molecule has 7 nitrogen and oxygen atoms in total. The molecule has 1 aliphatic heterocycles. The number of nitrogens with two attached hydrogens (primary N) is 1. The summed E-state index contributed by atoms with van der Waals surface area (Å²) in [4.78, 5) is 23.2. The maximum Gasteiger partial charge on any atom is 0.417 e. The van der Waals surface area contributed by atoms with Crippen LogP contribution in [0.5, 0.6) is 0 Å². The van der Waals surface area contributed by atoms with Crippen molar-refractivity contribution in [3.63, 3.8) is 0 Å². The highest BCUT2D eigenvalue weighted by Crippen LogP contribution is 2.29. The Morgan fingerprint density at radius 3 is 2.29 bits per heavy atom. The van der Waals surface area contributed by atoms with Crippen LogP contribution in [0.4, 0.5) is 9.59 Å². The van der Waals surface area contributed by atoms with Crippen molar-refractivity contribution < 1.29 is 19.8 Å². The summed E-state index contributed by atoms with van der Waals surface area (Å²) in [7, 11) is 0. The molecule has 114 valence electrons. The zero-order chi connectivity index (χ0) is 15.4. The number of nitrogens with zero attached hydrogens (tertiary/aromatic N) is 1. The molecular formula is C14H19N3O4. The lowest BCUT2D eigenvalue weighted by atomic mass is 9.90. The SMILES string of the molecule is NC1CCC(C(c2ccccc2)N(C(=O)O)C(=O)O)NC1. The lowest BCUT2D eigenvalue weighted by molar-refractivity contribution is 0.0914. The third kappa shape index (κ3) is 3.50. The Hall–Kier alpha value is -2.12. The van der Waals surface area contributed by atoms with Crippen LogP contribution in [-0.2, 0) is 0 Å². The van der Waals surface area contributed by atoms with E-state index in [0.717, 1.165) is 6.42 Å². The summed E-state index contributed by atoms with van der Waals surface area (Å²) in [5.74, 6) is 0. The van der Waals surface area contributed by atoms with E-state index < -0.39 is 18.2 Å². The molecule has 1 aliphatic rings. The van der Waals surface area contributed by atoms with Crippen LogP contribution < -0.4 is 11.1 Å². The summed E-state index contributed by atoms with van der Waals surface area (Å²) >= 11 is 0. The van der Waals surface area contributed by atoms with E-state index >= 15 is 0 Å². The van der Waals surface area contributed by atoms with Crippen LogP contribution in [0.15, 0.2) is 30.3 Å². The van der Waals surface area contributed by atoms with Gasteiger partial charge in [-0.15, -0.1) is 0 Å². The number of hydrogen-bond donors (Lipinski definition) is 4. The third-order valence-electron chi connectivity index (χ3n) is 3.70. The van der Waals surface area contributed by atoms with Crippen LogP contribution >= 0.6 is 0 Å². The molecule has 0 bridgehead atoms. The van der Waals surface area contributed by atoms with Crippen molar-refractivity contribution in [1.29, 1.82) is 0 Å². The number of carboxylic acid groups (broad SMARTS) is 2. The van der Waals surface area contributed by atoms with Crippen molar-refractivity contribution in [2.24, 2.45) is 5.73 Å². The summed E-state index contributed by atoms with van der Waals surface area (Å²) in [6.07, 6.45) is -1.60. The summed E-state index contributed by atoms with van der Waals surface area (Å²) < 4.78 is 0. The van der Waals surface area contributed by atoms with Gasteiger partial charge in [-0.05, 0) is 18.4 Å². The second-order valence-electron chi connectivity index (χ2n) is 5.14. The van der Waals surface area contributed by atoms with Gasteiger partial charge < -0.3 is 21.3 Å². The smallest absolute Gasteiger partial charge is 0.417 e. The molecule has 3 unspecified atom stereocenters. The summed E-state index contributed by atoms with van der Waals surface area (Å²) in [5, 5.41) is 21.7. The molecule has 0 spiro atoms. The molecule has 7 heteroatoms. The monoisotopic (exact) mass is 293 g/mol. The van der Waals surface area contributed by atoms with Crippen molar-refractivity contribution in [2.75, 3.05) is 6.54 Å². The molecule has 21 heavy (non-hydrogen) atoms. The van der Waals surface area contributed by atoms with Crippen LogP contribution in [0, 0.1) is 0 Å². The first-order valence-electron chi connectivity index (χ1n) is 6.79. The molecule has 0 aliphatic carbocycles. The van der Waals surface area contributed by atoms with E-state index in [1.54, 1.807) is 30.3 Å². The zero-order valence-electron chi connectivity index (χ0n) is 11.5. The highest BCUT2D eigenvalue weighted by molar-refractivity contribution is 5.86. The van der Waals surface area contributed by atoms with E-state index in [1.807, 2.05) is 0 Å². The van der Waals surface area contributed by atoms with Crippen molar-refractivity contribution >= 4 is 12.2 Å². The van der Waals surface area contributed by atoms with Gasteiger partial charge in [-0.25, -0.2) is 14.5 Å². The number of rotatable bonds is 3. The highest BCUT2D eigenvalue weighted by atomic mass is 16.4. The van der Waals surface area contributed by atoms with Crippen molar-refractivity contribution in [1.82, 2.24) is 10.2 Å². The van der Waals surface area contributed by atoms with Gasteiger partial charge in [-0.2, -0.15) is 0 Å². The molecule has 2 amide bonds. The molecule has 0 saturated carbocycles. The predicted octanol–water partition coefficient (Wildman–Crippen LogP) is 1.46. The third-order valence-corrected chi connectivity index (χ3v) is 3.70. The van der Waals surface area contributed by atoms with Gasteiger partial charge >= 0.3 is 12.2 Å². The summed E-state index contributed by atoms with van der Waals surface area (Å²) in [6, 6.07) is 7.75. The number of benzene rings is 1. The second-order valence-corrected chi connectivity index (χ2v) is 5.14. The lowest BCUT2D eigenvalue weighted by Crippen LogP contribution is -2.53. The molecule has 3 atom stereocenters. The van der Waals surface area contributed by atoms with E-state index in [1.165, 1.54) is 0 Å². The second kappa shape index (κ2) is 6.55. The van der Waals surface area contributed by atoms with E-state index in [2.05, 4.69) is 5.32 Å². The Kier molecular flexibility index (Phi) is 4.77. The molecule has 1 aromatic carbocycles. The van der Waals surface area contributed by atoms with E-state index in [-0.39, 0.29) is 12.1 Å². The number of hydrogen-bond acceptors (Lipinski definition) is 4. The number of nitrogens with one attached hydrogen (secondary N) is 1. The van der Waals surface area contributed by atoms with Gasteiger partial charge in [0, 0.05) is 18.6 Å². The van der Waals surface area contributed by atoms with Crippen molar-refractivity contribution in [3.05, 3.63) is 35.9 Å². The molecule has 1 saturated heterocycles. The maximum atomic E-state index is 11.4. The fraction of sp³-hybridized carbons (Fsp3) is 0.429. The molecule has 1 fully saturated rings. The molecule has 5 N–H and O–H groups in total. The fourth-order valence-corrected chi connectivity index (χ4v) is 2.70.